The maximum absolute atomic E-state index is 11.7. The monoisotopic (exact) mass is 336 g/mol. The number of carbonyl (C=O) groups excluding carboxylic acids is 2. The minimum Gasteiger partial charge on any atom is -0.368 e. The zero-order valence-corrected chi connectivity index (χ0v) is 13.0. The first-order chi connectivity index (χ1) is 9.61. The van der Waals surface area contributed by atoms with Gasteiger partial charge in [-0.2, -0.15) is 0 Å². The number of nitrogens with zero attached hydrogens (tertiary/aromatic N) is 1. The maximum atomic E-state index is 11.7. The van der Waals surface area contributed by atoms with E-state index in [4.69, 9.17) is 0 Å². The van der Waals surface area contributed by atoms with Crippen molar-refractivity contribution in [3.63, 3.8) is 0 Å². The average molecular weight is 337 g/mol. The number of anilines is 2. The molecule has 0 bridgehead atoms. The Kier molecular flexibility index (Phi) is 3.54. The van der Waals surface area contributed by atoms with E-state index in [-0.39, 0.29) is 0 Å². The lowest BCUT2D eigenvalue weighted by atomic mass is 10.1. The van der Waals surface area contributed by atoms with Crippen LogP contribution in [0, 0.1) is 0 Å². The predicted molar refractivity (Wildman–Crippen MR) is 82.4 cm³/mol. The van der Waals surface area contributed by atoms with Gasteiger partial charge in [0.15, 0.2) is 0 Å². The van der Waals surface area contributed by atoms with E-state index in [0.717, 1.165) is 29.5 Å². The largest absolute Gasteiger partial charge is 0.368 e. The van der Waals surface area contributed by atoms with E-state index in [1.807, 2.05) is 6.07 Å². The van der Waals surface area contributed by atoms with Crippen LogP contribution in [0.25, 0.3) is 0 Å². The zero-order valence-electron chi connectivity index (χ0n) is 11.4. The number of rotatable bonds is 5. The van der Waals surface area contributed by atoms with Crippen molar-refractivity contribution >= 4 is 39.0 Å². The summed E-state index contributed by atoms with van der Waals surface area (Å²) in [6, 6.07) is 4.30. The van der Waals surface area contributed by atoms with Gasteiger partial charge in [0.1, 0.15) is 0 Å². The first kappa shape index (κ1) is 13.6. The van der Waals surface area contributed by atoms with Gasteiger partial charge in [0, 0.05) is 17.1 Å². The van der Waals surface area contributed by atoms with Gasteiger partial charge in [0.2, 0.25) is 0 Å². The minimum absolute atomic E-state index is 0.446. The Morgan fingerprint density at radius 2 is 2.10 bits per heavy atom. The van der Waals surface area contributed by atoms with Gasteiger partial charge in [-0.05, 0) is 47.3 Å². The second-order valence-electron chi connectivity index (χ2n) is 5.41. The molecule has 1 N–H and O–H groups in total. The number of hydrogen-bond acceptors (Lipinski definition) is 3. The highest BCUT2D eigenvalue weighted by Gasteiger charge is 2.33. The van der Waals surface area contributed by atoms with Crippen LogP contribution < -0.4 is 10.2 Å². The third-order valence-corrected chi connectivity index (χ3v) is 4.47. The molecule has 106 valence electrons. The van der Waals surface area contributed by atoms with E-state index in [9.17, 15) is 9.59 Å². The van der Waals surface area contributed by atoms with Gasteiger partial charge in [0.05, 0.1) is 16.9 Å². The molecule has 1 aliphatic heterocycles. The highest BCUT2D eigenvalue weighted by Crippen LogP contribution is 2.40. The standard InChI is InChI=1S/C15H17BrN2O2/c1-2-3-6-18(9-4-5-9)13-8-12-10(7-11(13)16)14(19)15(20)17-12/h7-9H,2-6H2,1H3,(H,17,19,20). The van der Waals surface area contributed by atoms with Crippen molar-refractivity contribution in [3.05, 3.63) is 22.2 Å². The number of ketones is 1. The van der Waals surface area contributed by atoms with Crippen LogP contribution in [0.4, 0.5) is 11.4 Å². The van der Waals surface area contributed by atoms with Crippen LogP contribution in [-0.4, -0.2) is 24.3 Å². The van der Waals surface area contributed by atoms with Crippen LogP contribution >= 0.6 is 15.9 Å². The van der Waals surface area contributed by atoms with Crippen molar-refractivity contribution in [2.75, 3.05) is 16.8 Å². The summed E-state index contributed by atoms with van der Waals surface area (Å²) in [5.74, 6) is -0.977. The summed E-state index contributed by atoms with van der Waals surface area (Å²) in [5, 5.41) is 2.65. The topological polar surface area (TPSA) is 49.4 Å². The molecule has 0 saturated heterocycles. The lowest BCUT2D eigenvalue weighted by molar-refractivity contribution is -0.112. The van der Waals surface area contributed by atoms with Crippen molar-refractivity contribution < 1.29 is 9.59 Å². The Balaban J connectivity index is 1.95. The fraction of sp³-hybridized carbons (Fsp3) is 0.467. The molecule has 0 unspecified atom stereocenters. The van der Waals surface area contributed by atoms with Gasteiger partial charge in [-0.1, -0.05) is 13.3 Å². The molecule has 0 spiro atoms. The van der Waals surface area contributed by atoms with Crippen molar-refractivity contribution in [2.24, 2.45) is 0 Å². The molecular weight excluding hydrogens is 320 g/mol. The van der Waals surface area contributed by atoms with Crippen molar-refractivity contribution in [1.82, 2.24) is 0 Å². The summed E-state index contributed by atoms with van der Waals surface area (Å²) in [6.45, 7) is 3.20. The summed E-state index contributed by atoms with van der Waals surface area (Å²) < 4.78 is 0.893. The third-order valence-electron chi connectivity index (χ3n) is 3.84. The quantitative estimate of drug-likeness (QED) is 0.839. The molecule has 0 radical (unpaired) electrons. The van der Waals surface area contributed by atoms with Gasteiger partial charge in [-0.15, -0.1) is 0 Å². The molecule has 4 nitrogen and oxygen atoms in total. The number of halogens is 1. The fourth-order valence-electron chi connectivity index (χ4n) is 2.59. The molecule has 1 aliphatic carbocycles. The lowest BCUT2D eigenvalue weighted by Gasteiger charge is -2.26. The SMILES string of the molecule is CCCCN(c1cc2c(cc1Br)C(=O)C(=O)N2)C1CC1. The predicted octanol–water partition coefficient (Wildman–Crippen LogP) is 3.35. The molecule has 1 aromatic rings. The Morgan fingerprint density at radius 3 is 2.75 bits per heavy atom. The second-order valence-corrected chi connectivity index (χ2v) is 6.26. The fourth-order valence-corrected chi connectivity index (χ4v) is 3.16. The Morgan fingerprint density at radius 1 is 1.35 bits per heavy atom. The van der Waals surface area contributed by atoms with Crippen molar-refractivity contribution in [1.29, 1.82) is 0 Å². The highest BCUT2D eigenvalue weighted by atomic mass is 79.9. The van der Waals surface area contributed by atoms with Crippen LogP contribution in [0.3, 0.4) is 0 Å². The number of amides is 1. The van der Waals surface area contributed by atoms with Gasteiger partial charge in [0.25, 0.3) is 11.7 Å². The number of Topliss-reactive ketones (excluding diaryl/α,β-unsaturated/α-hetero) is 1. The van der Waals surface area contributed by atoms with Gasteiger partial charge in [-0.25, -0.2) is 0 Å². The first-order valence-electron chi connectivity index (χ1n) is 7.07. The molecule has 2 aliphatic rings. The zero-order chi connectivity index (χ0) is 14.3. The Hall–Kier alpha value is -1.36. The molecule has 0 atom stereocenters. The second kappa shape index (κ2) is 5.20. The number of nitrogens with one attached hydrogen (secondary N) is 1. The Labute approximate surface area is 126 Å². The molecule has 1 amide bonds. The molecule has 1 saturated carbocycles. The molecule has 0 aromatic heterocycles. The maximum Gasteiger partial charge on any atom is 0.296 e. The van der Waals surface area contributed by atoms with Crippen molar-refractivity contribution in [2.45, 2.75) is 38.6 Å². The van der Waals surface area contributed by atoms with Crippen LogP contribution in [0.15, 0.2) is 16.6 Å². The molecule has 1 fully saturated rings. The minimum atomic E-state index is -0.532. The van der Waals surface area contributed by atoms with Crippen LogP contribution in [0.5, 0.6) is 0 Å². The normalized spacial score (nSPS) is 17.1. The van der Waals surface area contributed by atoms with Crippen LogP contribution in [-0.2, 0) is 4.79 Å². The molecule has 1 aromatic carbocycles. The number of unbranched alkanes of at least 4 members (excludes halogenated alkanes) is 1. The smallest absolute Gasteiger partial charge is 0.296 e. The van der Waals surface area contributed by atoms with E-state index in [1.165, 1.54) is 12.8 Å². The van der Waals surface area contributed by atoms with E-state index in [0.29, 0.717) is 17.3 Å². The molecular formula is C15H17BrN2O2. The van der Waals surface area contributed by atoms with E-state index in [2.05, 4.69) is 33.1 Å². The Bertz CT molecular complexity index is 581. The van der Waals surface area contributed by atoms with Gasteiger partial charge in [-0.3, -0.25) is 9.59 Å². The molecule has 5 heteroatoms. The third kappa shape index (κ3) is 2.35. The first-order valence-corrected chi connectivity index (χ1v) is 7.87. The summed E-state index contributed by atoms with van der Waals surface area (Å²) in [7, 11) is 0. The van der Waals surface area contributed by atoms with Crippen LogP contribution in [0.1, 0.15) is 43.0 Å². The summed E-state index contributed by atoms with van der Waals surface area (Å²) in [4.78, 5) is 25.5. The summed E-state index contributed by atoms with van der Waals surface area (Å²) in [5.41, 5.74) is 2.19. The number of carbonyl (C=O) groups is 2. The van der Waals surface area contributed by atoms with E-state index in [1.54, 1.807) is 6.07 Å². The number of benzene rings is 1. The van der Waals surface area contributed by atoms with E-state index >= 15 is 0 Å². The summed E-state index contributed by atoms with van der Waals surface area (Å²) >= 11 is 3.55. The van der Waals surface area contributed by atoms with Crippen LogP contribution in [0.2, 0.25) is 0 Å². The number of hydrogen-bond donors (Lipinski definition) is 1. The lowest BCUT2D eigenvalue weighted by Crippen LogP contribution is -2.27. The van der Waals surface area contributed by atoms with Crippen molar-refractivity contribution in [3.8, 4) is 0 Å². The summed E-state index contributed by atoms with van der Waals surface area (Å²) in [6.07, 6.45) is 4.74. The highest BCUT2D eigenvalue weighted by molar-refractivity contribution is 9.10. The molecule has 20 heavy (non-hydrogen) atoms. The van der Waals surface area contributed by atoms with E-state index < -0.39 is 11.7 Å². The number of fused-ring (bicyclic) bond motifs is 1. The van der Waals surface area contributed by atoms with Gasteiger partial charge < -0.3 is 10.2 Å². The molecule has 1 heterocycles. The molecule has 3 rings (SSSR count). The van der Waals surface area contributed by atoms with Gasteiger partial charge >= 0.3 is 0 Å². The average Bonchev–Trinajstić information content (AvgIpc) is 3.21.